The van der Waals surface area contributed by atoms with Gasteiger partial charge in [-0.25, -0.2) is 4.79 Å². The summed E-state index contributed by atoms with van der Waals surface area (Å²) in [6, 6.07) is 14.8. The molecule has 6 nitrogen and oxygen atoms in total. The number of rotatable bonds is 4. The molecule has 3 N–H and O–H groups in total. The van der Waals surface area contributed by atoms with Crippen LogP contribution in [-0.2, 0) is 4.74 Å². The molecule has 0 aliphatic rings. The largest absolute Gasteiger partial charge is 0.450 e. The van der Waals surface area contributed by atoms with E-state index >= 15 is 0 Å². The minimum absolute atomic E-state index is 0.243. The van der Waals surface area contributed by atoms with Crippen molar-refractivity contribution in [3.8, 4) is 0 Å². The van der Waals surface area contributed by atoms with Gasteiger partial charge in [-0.05, 0) is 43.7 Å². The zero-order chi connectivity index (χ0) is 17.8. The van der Waals surface area contributed by atoms with E-state index in [4.69, 9.17) is 4.74 Å². The number of H-pyrrole nitrogens is 1. The molecule has 1 heterocycles. The third-order valence-corrected chi connectivity index (χ3v) is 3.87. The summed E-state index contributed by atoms with van der Waals surface area (Å²) in [5.74, 6) is -0.243. The standard InChI is InChI=1S/C19H19N3O3/c1-3-25-19(24)22-15-10-6-9-14(12(15)2)21-18(23)17-11-13-7-4-5-8-16(13)20-17/h4-11,20H,3H2,1-2H3,(H,21,23)(H,22,24). The Labute approximate surface area is 145 Å². The molecular weight excluding hydrogens is 318 g/mol. The van der Waals surface area contributed by atoms with Crippen LogP contribution in [0.5, 0.6) is 0 Å². The molecular formula is C19H19N3O3. The Bertz CT molecular complexity index is 898. The molecule has 0 aliphatic carbocycles. The van der Waals surface area contributed by atoms with Crippen molar-refractivity contribution >= 4 is 34.3 Å². The van der Waals surface area contributed by atoms with Crippen LogP contribution in [0.25, 0.3) is 10.9 Å². The first-order valence-corrected chi connectivity index (χ1v) is 8.01. The second-order valence-corrected chi connectivity index (χ2v) is 5.55. The second-order valence-electron chi connectivity index (χ2n) is 5.55. The maximum Gasteiger partial charge on any atom is 0.411 e. The number of hydrogen-bond acceptors (Lipinski definition) is 3. The van der Waals surface area contributed by atoms with Gasteiger partial charge < -0.3 is 15.0 Å². The Balaban J connectivity index is 1.80. The molecule has 3 aromatic rings. The molecule has 0 radical (unpaired) electrons. The fourth-order valence-corrected chi connectivity index (χ4v) is 2.57. The van der Waals surface area contributed by atoms with Crippen LogP contribution in [0, 0.1) is 6.92 Å². The maximum atomic E-state index is 12.5. The van der Waals surface area contributed by atoms with Crippen LogP contribution in [-0.4, -0.2) is 23.6 Å². The predicted octanol–water partition coefficient (Wildman–Crippen LogP) is 4.30. The summed E-state index contributed by atoms with van der Waals surface area (Å²) in [5.41, 5.74) is 3.34. The van der Waals surface area contributed by atoms with E-state index in [-0.39, 0.29) is 5.91 Å². The summed E-state index contributed by atoms with van der Waals surface area (Å²) >= 11 is 0. The lowest BCUT2D eigenvalue weighted by molar-refractivity contribution is 0.102. The molecule has 0 bridgehead atoms. The van der Waals surface area contributed by atoms with Crippen LogP contribution in [0.2, 0.25) is 0 Å². The molecule has 6 heteroatoms. The first-order chi connectivity index (χ1) is 12.1. The Hall–Kier alpha value is -3.28. The molecule has 0 saturated heterocycles. The van der Waals surface area contributed by atoms with Crippen molar-refractivity contribution in [2.24, 2.45) is 0 Å². The third kappa shape index (κ3) is 3.63. The average Bonchev–Trinajstić information content (AvgIpc) is 3.03. The van der Waals surface area contributed by atoms with Crippen LogP contribution in [0.15, 0.2) is 48.5 Å². The smallest absolute Gasteiger partial charge is 0.411 e. The number of aromatic amines is 1. The molecule has 2 amide bonds. The predicted molar refractivity (Wildman–Crippen MR) is 98.1 cm³/mol. The summed E-state index contributed by atoms with van der Waals surface area (Å²) in [5, 5.41) is 6.51. The second kappa shape index (κ2) is 7.09. The third-order valence-electron chi connectivity index (χ3n) is 3.87. The summed E-state index contributed by atoms with van der Waals surface area (Å²) in [7, 11) is 0. The highest BCUT2D eigenvalue weighted by Gasteiger charge is 2.13. The lowest BCUT2D eigenvalue weighted by Crippen LogP contribution is -2.16. The number of ether oxygens (including phenoxy) is 1. The highest BCUT2D eigenvalue weighted by molar-refractivity contribution is 6.06. The Morgan fingerprint density at radius 3 is 2.48 bits per heavy atom. The lowest BCUT2D eigenvalue weighted by Gasteiger charge is -2.13. The molecule has 0 aliphatic heterocycles. The maximum absolute atomic E-state index is 12.5. The van der Waals surface area contributed by atoms with Gasteiger partial charge in [0.05, 0.1) is 6.61 Å². The summed E-state index contributed by atoms with van der Waals surface area (Å²) in [6.45, 7) is 3.85. The topological polar surface area (TPSA) is 83.2 Å². The number of carbonyl (C=O) groups excluding carboxylic acids is 2. The quantitative estimate of drug-likeness (QED) is 0.664. The van der Waals surface area contributed by atoms with Crippen molar-refractivity contribution in [2.45, 2.75) is 13.8 Å². The number of carbonyl (C=O) groups is 2. The first kappa shape index (κ1) is 16.6. The van der Waals surface area contributed by atoms with Gasteiger partial charge in [0.25, 0.3) is 5.91 Å². The van der Waals surface area contributed by atoms with Gasteiger partial charge in [-0.3, -0.25) is 10.1 Å². The van der Waals surface area contributed by atoms with Crippen LogP contribution in [0.4, 0.5) is 16.2 Å². The van der Waals surface area contributed by atoms with Gasteiger partial charge in [-0.1, -0.05) is 24.3 Å². The molecule has 0 fully saturated rings. The van der Waals surface area contributed by atoms with Gasteiger partial charge >= 0.3 is 6.09 Å². The minimum Gasteiger partial charge on any atom is -0.450 e. The highest BCUT2D eigenvalue weighted by Crippen LogP contribution is 2.24. The monoisotopic (exact) mass is 337 g/mol. The van der Waals surface area contributed by atoms with Crippen LogP contribution in [0.1, 0.15) is 23.0 Å². The van der Waals surface area contributed by atoms with Crippen molar-refractivity contribution in [3.05, 3.63) is 59.8 Å². The Morgan fingerprint density at radius 1 is 1.04 bits per heavy atom. The SMILES string of the molecule is CCOC(=O)Nc1cccc(NC(=O)c2cc3ccccc3[nH]2)c1C. The van der Waals surface area contributed by atoms with Gasteiger partial charge in [-0.15, -0.1) is 0 Å². The number of para-hydroxylation sites is 1. The van der Waals surface area contributed by atoms with Crippen LogP contribution >= 0.6 is 0 Å². The van der Waals surface area contributed by atoms with Crippen molar-refractivity contribution < 1.29 is 14.3 Å². The number of nitrogens with one attached hydrogen (secondary N) is 3. The number of anilines is 2. The van der Waals surface area contributed by atoms with Gasteiger partial charge in [0, 0.05) is 22.3 Å². The van der Waals surface area contributed by atoms with Crippen LogP contribution in [0.3, 0.4) is 0 Å². The molecule has 2 aromatic carbocycles. The van der Waals surface area contributed by atoms with Crippen molar-refractivity contribution in [1.29, 1.82) is 0 Å². The van der Waals surface area contributed by atoms with E-state index in [9.17, 15) is 9.59 Å². The van der Waals surface area contributed by atoms with Crippen molar-refractivity contribution in [2.75, 3.05) is 17.2 Å². The number of hydrogen-bond donors (Lipinski definition) is 3. The minimum atomic E-state index is -0.523. The Kier molecular flexibility index (Phi) is 4.70. The van der Waals surface area contributed by atoms with Crippen molar-refractivity contribution in [3.63, 3.8) is 0 Å². The van der Waals surface area contributed by atoms with Gasteiger partial charge in [-0.2, -0.15) is 0 Å². The van der Waals surface area contributed by atoms with E-state index in [2.05, 4.69) is 15.6 Å². The highest BCUT2D eigenvalue weighted by atomic mass is 16.5. The molecule has 0 saturated carbocycles. The average molecular weight is 337 g/mol. The van der Waals surface area contributed by atoms with E-state index in [0.29, 0.717) is 23.7 Å². The molecule has 0 unspecified atom stereocenters. The van der Waals surface area contributed by atoms with Gasteiger partial charge in [0.15, 0.2) is 0 Å². The normalized spacial score (nSPS) is 10.5. The fraction of sp³-hybridized carbons (Fsp3) is 0.158. The fourth-order valence-electron chi connectivity index (χ4n) is 2.57. The molecule has 128 valence electrons. The lowest BCUT2D eigenvalue weighted by atomic mass is 10.1. The van der Waals surface area contributed by atoms with E-state index in [1.54, 1.807) is 31.2 Å². The molecule has 25 heavy (non-hydrogen) atoms. The zero-order valence-corrected chi connectivity index (χ0v) is 14.1. The number of fused-ring (bicyclic) bond motifs is 1. The number of benzene rings is 2. The van der Waals surface area contributed by atoms with E-state index < -0.39 is 6.09 Å². The Morgan fingerprint density at radius 2 is 1.76 bits per heavy atom. The zero-order valence-electron chi connectivity index (χ0n) is 14.1. The van der Waals surface area contributed by atoms with Gasteiger partial charge in [0.2, 0.25) is 0 Å². The summed E-state index contributed by atoms with van der Waals surface area (Å²) in [4.78, 5) is 27.2. The molecule has 0 spiro atoms. The van der Waals surface area contributed by atoms with E-state index in [1.807, 2.05) is 31.2 Å². The number of amides is 2. The number of aromatic nitrogens is 1. The van der Waals surface area contributed by atoms with Gasteiger partial charge in [0.1, 0.15) is 5.69 Å². The summed E-state index contributed by atoms with van der Waals surface area (Å²) < 4.78 is 4.88. The van der Waals surface area contributed by atoms with E-state index in [1.165, 1.54) is 0 Å². The van der Waals surface area contributed by atoms with Crippen LogP contribution < -0.4 is 10.6 Å². The first-order valence-electron chi connectivity index (χ1n) is 8.01. The summed E-state index contributed by atoms with van der Waals surface area (Å²) in [6.07, 6.45) is -0.523. The van der Waals surface area contributed by atoms with Crippen molar-refractivity contribution in [1.82, 2.24) is 4.98 Å². The molecule has 3 rings (SSSR count). The van der Waals surface area contributed by atoms with E-state index in [0.717, 1.165) is 16.5 Å². The molecule has 1 aromatic heterocycles. The molecule has 0 atom stereocenters.